The average molecular weight is 176 g/mol. The van der Waals surface area contributed by atoms with Gasteiger partial charge in [-0.15, -0.1) is 4.39 Å². The van der Waals surface area contributed by atoms with Gasteiger partial charge in [0.05, 0.1) is 6.10 Å². The van der Waals surface area contributed by atoms with E-state index in [1.165, 1.54) is 0 Å². The largest absolute Gasteiger partial charge is 0.495 e. The summed E-state index contributed by atoms with van der Waals surface area (Å²) >= 11 is 0. The molecule has 0 aromatic carbocycles. The zero-order valence-electron chi connectivity index (χ0n) is 7.09. The Kier molecular flexibility index (Phi) is 3.47. The first-order chi connectivity index (χ1) is 5.74. The molecule has 0 radical (unpaired) electrons. The van der Waals surface area contributed by atoms with Crippen LogP contribution >= 0.6 is 0 Å². The number of carbonyl (C=O) groups excluding carboxylic acids is 1. The van der Waals surface area contributed by atoms with Gasteiger partial charge in [0.1, 0.15) is 6.10 Å². The molecule has 1 saturated carbocycles. The number of hydrogen-bond acceptors (Lipinski definition) is 3. The standard InChI is InChI=1S/C8H13FO3/c1-11-6-4-2-3-5-7(6)12-8(9)10/h6-7H,2-5H2,1H3/t6-,7-/m0/s1. The van der Waals surface area contributed by atoms with Crippen molar-refractivity contribution in [1.29, 1.82) is 0 Å². The number of rotatable bonds is 2. The minimum absolute atomic E-state index is 0.126. The Hall–Kier alpha value is -0.640. The summed E-state index contributed by atoms with van der Waals surface area (Å²) in [7, 11) is 1.55. The van der Waals surface area contributed by atoms with Crippen LogP contribution in [0.3, 0.4) is 0 Å². The Bertz CT molecular complexity index is 160. The minimum atomic E-state index is -1.70. The summed E-state index contributed by atoms with van der Waals surface area (Å²) in [6.45, 7) is 0. The van der Waals surface area contributed by atoms with Crippen molar-refractivity contribution in [2.75, 3.05) is 7.11 Å². The predicted molar refractivity (Wildman–Crippen MR) is 40.6 cm³/mol. The van der Waals surface area contributed by atoms with Gasteiger partial charge in [-0.25, -0.2) is 4.79 Å². The summed E-state index contributed by atoms with van der Waals surface area (Å²) < 4.78 is 21.4. The van der Waals surface area contributed by atoms with E-state index in [0.29, 0.717) is 6.42 Å². The molecule has 0 aromatic heterocycles. The van der Waals surface area contributed by atoms with Gasteiger partial charge >= 0.3 is 6.22 Å². The van der Waals surface area contributed by atoms with E-state index in [4.69, 9.17) is 4.74 Å². The highest BCUT2D eigenvalue weighted by Crippen LogP contribution is 2.23. The van der Waals surface area contributed by atoms with Crippen LogP contribution in [-0.2, 0) is 9.47 Å². The third-order valence-corrected chi connectivity index (χ3v) is 2.19. The first-order valence-corrected chi connectivity index (χ1v) is 4.13. The molecule has 1 aliphatic rings. The van der Waals surface area contributed by atoms with Crippen LogP contribution in [0.4, 0.5) is 9.18 Å². The summed E-state index contributed by atoms with van der Waals surface area (Å²) in [4.78, 5) is 10.0. The maximum absolute atomic E-state index is 11.9. The van der Waals surface area contributed by atoms with Crippen molar-refractivity contribution >= 4 is 6.22 Å². The van der Waals surface area contributed by atoms with E-state index >= 15 is 0 Å². The molecule has 0 amide bonds. The van der Waals surface area contributed by atoms with E-state index in [2.05, 4.69) is 4.74 Å². The number of carbonyl (C=O) groups is 1. The summed E-state index contributed by atoms with van der Waals surface area (Å²) in [6, 6.07) is 0. The maximum atomic E-state index is 11.9. The molecule has 3 nitrogen and oxygen atoms in total. The number of hydrogen-bond donors (Lipinski definition) is 0. The fourth-order valence-corrected chi connectivity index (χ4v) is 1.59. The first kappa shape index (κ1) is 9.45. The van der Waals surface area contributed by atoms with Crippen LogP contribution in [0.25, 0.3) is 0 Å². The zero-order valence-corrected chi connectivity index (χ0v) is 7.09. The van der Waals surface area contributed by atoms with Crippen molar-refractivity contribution in [1.82, 2.24) is 0 Å². The highest BCUT2D eigenvalue weighted by Gasteiger charge is 2.27. The second kappa shape index (κ2) is 4.40. The molecule has 2 atom stereocenters. The van der Waals surface area contributed by atoms with Crippen molar-refractivity contribution in [2.45, 2.75) is 37.9 Å². The monoisotopic (exact) mass is 176 g/mol. The number of ether oxygens (including phenoxy) is 2. The topological polar surface area (TPSA) is 35.5 Å². The number of methoxy groups -OCH3 is 1. The van der Waals surface area contributed by atoms with E-state index in [-0.39, 0.29) is 12.2 Å². The molecule has 1 fully saturated rings. The van der Waals surface area contributed by atoms with Gasteiger partial charge in [0.25, 0.3) is 0 Å². The Labute approximate surface area is 70.8 Å². The van der Waals surface area contributed by atoms with Gasteiger partial charge in [-0.1, -0.05) is 6.42 Å². The summed E-state index contributed by atoms with van der Waals surface area (Å²) in [5.74, 6) is 0. The van der Waals surface area contributed by atoms with Crippen LogP contribution < -0.4 is 0 Å². The molecule has 70 valence electrons. The van der Waals surface area contributed by atoms with E-state index in [1.807, 2.05) is 0 Å². The minimum Gasteiger partial charge on any atom is -0.434 e. The lowest BCUT2D eigenvalue weighted by Gasteiger charge is -2.28. The molecule has 0 heterocycles. The fraction of sp³-hybridized carbons (Fsp3) is 0.875. The van der Waals surface area contributed by atoms with E-state index in [0.717, 1.165) is 19.3 Å². The van der Waals surface area contributed by atoms with E-state index in [1.54, 1.807) is 7.11 Å². The van der Waals surface area contributed by atoms with Crippen LogP contribution in [0.5, 0.6) is 0 Å². The molecule has 0 saturated heterocycles. The molecule has 0 unspecified atom stereocenters. The third-order valence-electron chi connectivity index (χ3n) is 2.19. The normalized spacial score (nSPS) is 29.8. The molecule has 1 rings (SSSR count). The van der Waals surface area contributed by atoms with Crippen molar-refractivity contribution in [2.24, 2.45) is 0 Å². The smallest absolute Gasteiger partial charge is 0.434 e. The molecule has 0 aromatic rings. The Morgan fingerprint density at radius 1 is 1.33 bits per heavy atom. The van der Waals surface area contributed by atoms with Gasteiger partial charge in [-0.2, -0.15) is 0 Å². The average Bonchev–Trinajstić information content (AvgIpc) is 2.04. The van der Waals surface area contributed by atoms with Gasteiger partial charge in [-0.05, 0) is 19.3 Å². The number of halogens is 1. The molecule has 12 heavy (non-hydrogen) atoms. The highest BCUT2D eigenvalue weighted by atomic mass is 19.1. The van der Waals surface area contributed by atoms with E-state index in [9.17, 15) is 9.18 Å². The third kappa shape index (κ3) is 2.44. The fourth-order valence-electron chi connectivity index (χ4n) is 1.59. The maximum Gasteiger partial charge on any atom is 0.495 e. The Morgan fingerprint density at radius 2 is 1.92 bits per heavy atom. The molecule has 0 aliphatic heterocycles. The van der Waals surface area contributed by atoms with E-state index < -0.39 is 6.22 Å². The summed E-state index contributed by atoms with van der Waals surface area (Å²) in [5, 5.41) is 0. The van der Waals surface area contributed by atoms with Crippen LogP contribution in [0, 0.1) is 0 Å². The lowest BCUT2D eigenvalue weighted by molar-refractivity contribution is -0.0503. The molecule has 0 spiro atoms. The Morgan fingerprint density at radius 3 is 2.42 bits per heavy atom. The quantitative estimate of drug-likeness (QED) is 0.604. The SMILES string of the molecule is CO[C@H]1CCCC[C@@H]1OC(=O)F. The van der Waals surface area contributed by atoms with Gasteiger partial charge in [-0.3, -0.25) is 0 Å². The van der Waals surface area contributed by atoms with Gasteiger partial charge in [0.15, 0.2) is 0 Å². The molecule has 1 aliphatic carbocycles. The van der Waals surface area contributed by atoms with Crippen molar-refractivity contribution in [3.05, 3.63) is 0 Å². The van der Waals surface area contributed by atoms with Gasteiger partial charge in [0, 0.05) is 7.11 Å². The van der Waals surface area contributed by atoms with Crippen LogP contribution in [0.2, 0.25) is 0 Å². The van der Waals surface area contributed by atoms with Crippen molar-refractivity contribution in [3.8, 4) is 0 Å². The van der Waals surface area contributed by atoms with Crippen molar-refractivity contribution in [3.63, 3.8) is 0 Å². The second-order valence-electron chi connectivity index (χ2n) is 2.95. The zero-order chi connectivity index (χ0) is 8.97. The summed E-state index contributed by atoms with van der Waals surface area (Å²) in [6.07, 6.45) is 1.35. The van der Waals surface area contributed by atoms with Crippen LogP contribution in [0.1, 0.15) is 25.7 Å². The van der Waals surface area contributed by atoms with Crippen molar-refractivity contribution < 1.29 is 18.7 Å². The molecular formula is C8H13FO3. The second-order valence-corrected chi connectivity index (χ2v) is 2.95. The molecular weight excluding hydrogens is 163 g/mol. The molecule has 4 heteroatoms. The lowest BCUT2D eigenvalue weighted by Crippen LogP contribution is -2.34. The molecule has 0 N–H and O–H groups in total. The van der Waals surface area contributed by atoms with Crippen LogP contribution in [-0.4, -0.2) is 25.5 Å². The van der Waals surface area contributed by atoms with Gasteiger partial charge in [0.2, 0.25) is 0 Å². The predicted octanol–water partition coefficient (Wildman–Crippen LogP) is 2.05. The first-order valence-electron chi connectivity index (χ1n) is 4.13. The molecule has 0 bridgehead atoms. The lowest BCUT2D eigenvalue weighted by atomic mass is 9.95. The van der Waals surface area contributed by atoms with Crippen LogP contribution in [0.15, 0.2) is 0 Å². The highest BCUT2D eigenvalue weighted by molar-refractivity contribution is 5.58. The van der Waals surface area contributed by atoms with Gasteiger partial charge < -0.3 is 9.47 Å². The summed E-state index contributed by atoms with van der Waals surface area (Å²) in [5.41, 5.74) is 0. The Balaban J connectivity index is 2.41.